The number of amides is 3. The van der Waals surface area contributed by atoms with Crippen LogP contribution in [-0.4, -0.2) is 41.7 Å². The monoisotopic (exact) mass is 408 g/mol. The van der Waals surface area contributed by atoms with Gasteiger partial charge in [-0.15, -0.1) is 0 Å². The molecular formula is C23H24N2O5. The Hall–Kier alpha value is -2.96. The summed E-state index contributed by atoms with van der Waals surface area (Å²) >= 11 is 0. The molecule has 4 aliphatic carbocycles. The Morgan fingerprint density at radius 3 is 2.20 bits per heavy atom. The number of anilines is 1. The average molecular weight is 408 g/mol. The van der Waals surface area contributed by atoms with Gasteiger partial charge in [-0.25, -0.2) is 4.79 Å². The van der Waals surface area contributed by atoms with Crippen molar-refractivity contribution < 1.29 is 23.9 Å². The molecule has 5 aliphatic rings. The van der Waals surface area contributed by atoms with Gasteiger partial charge in [0.05, 0.1) is 24.0 Å². The van der Waals surface area contributed by atoms with Gasteiger partial charge in [-0.05, 0) is 60.8 Å². The zero-order valence-electron chi connectivity index (χ0n) is 16.7. The Kier molecular flexibility index (Phi) is 4.49. The second-order valence-corrected chi connectivity index (χ2v) is 8.68. The third-order valence-corrected chi connectivity index (χ3v) is 6.90. The van der Waals surface area contributed by atoms with Crippen molar-refractivity contribution in [2.45, 2.75) is 19.8 Å². The summed E-state index contributed by atoms with van der Waals surface area (Å²) in [5.74, 6) is -0.477. The molecule has 1 N–H and O–H groups in total. The van der Waals surface area contributed by atoms with Crippen molar-refractivity contribution in [2.24, 2.45) is 35.5 Å². The van der Waals surface area contributed by atoms with E-state index >= 15 is 0 Å². The summed E-state index contributed by atoms with van der Waals surface area (Å²) in [6.45, 7) is 2.00. The number of hydrogen-bond acceptors (Lipinski definition) is 5. The highest BCUT2D eigenvalue weighted by molar-refractivity contribution is 6.09. The lowest BCUT2D eigenvalue weighted by Crippen LogP contribution is -2.40. The van der Waals surface area contributed by atoms with Gasteiger partial charge in [-0.2, -0.15) is 0 Å². The highest BCUT2D eigenvalue weighted by atomic mass is 16.5. The molecule has 0 unspecified atom stereocenters. The number of nitrogens with one attached hydrogen (secondary N) is 1. The third-order valence-electron chi connectivity index (χ3n) is 6.90. The minimum atomic E-state index is -0.429. The van der Waals surface area contributed by atoms with E-state index in [1.807, 2.05) is 6.92 Å². The molecule has 156 valence electrons. The van der Waals surface area contributed by atoms with E-state index in [-0.39, 0.29) is 42.0 Å². The molecule has 3 amide bonds. The Morgan fingerprint density at radius 1 is 1.03 bits per heavy atom. The lowest BCUT2D eigenvalue weighted by atomic mass is 9.63. The van der Waals surface area contributed by atoms with Gasteiger partial charge in [0, 0.05) is 5.69 Å². The van der Waals surface area contributed by atoms with Gasteiger partial charge >= 0.3 is 5.97 Å². The number of esters is 1. The minimum absolute atomic E-state index is 0.148. The summed E-state index contributed by atoms with van der Waals surface area (Å²) in [6, 6.07) is 6.35. The van der Waals surface area contributed by atoms with E-state index in [4.69, 9.17) is 4.74 Å². The molecule has 7 nitrogen and oxygen atoms in total. The van der Waals surface area contributed by atoms with Crippen LogP contribution in [0.25, 0.3) is 0 Å². The van der Waals surface area contributed by atoms with E-state index < -0.39 is 11.9 Å². The first-order chi connectivity index (χ1) is 14.5. The van der Waals surface area contributed by atoms with Gasteiger partial charge in [-0.3, -0.25) is 19.3 Å². The number of rotatable bonds is 6. The maximum atomic E-state index is 12.9. The molecule has 30 heavy (non-hydrogen) atoms. The van der Waals surface area contributed by atoms with E-state index in [2.05, 4.69) is 17.5 Å². The lowest BCUT2D eigenvalue weighted by molar-refractivity contribution is -0.142. The van der Waals surface area contributed by atoms with Crippen LogP contribution in [0.1, 0.15) is 30.1 Å². The van der Waals surface area contributed by atoms with E-state index in [1.54, 1.807) is 24.3 Å². The smallest absolute Gasteiger partial charge is 0.338 e. The number of imide groups is 1. The molecule has 6 atom stereocenters. The molecule has 0 radical (unpaired) electrons. The first-order valence-electron chi connectivity index (χ1n) is 10.6. The first kappa shape index (κ1) is 19.0. The van der Waals surface area contributed by atoms with Crippen LogP contribution in [-0.2, 0) is 19.1 Å². The van der Waals surface area contributed by atoms with Gasteiger partial charge in [0.25, 0.3) is 0 Å². The SMILES string of the molecule is CCCOC(=O)c1ccc(NC(=O)CN2C(=O)[C@@H]3[C@H]4C=C[C@@H]([C@@H]5C[C@H]45)[C@H]3C2=O)cc1. The first-order valence-corrected chi connectivity index (χ1v) is 10.6. The van der Waals surface area contributed by atoms with E-state index in [0.29, 0.717) is 29.7 Å². The predicted molar refractivity (Wildman–Crippen MR) is 107 cm³/mol. The van der Waals surface area contributed by atoms with Crippen molar-refractivity contribution in [1.29, 1.82) is 0 Å². The van der Waals surface area contributed by atoms with E-state index in [9.17, 15) is 19.2 Å². The largest absolute Gasteiger partial charge is 0.462 e. The summed E-state index contributed by atoms with van der Waals surface area (Å²) < 4.78 is 5.08. The number of benzene rings is 1. The number of likely N-dealkylation sites (tertiary alicyclic amines) is 1. The average Bonchev–Trinajstić information content (AvgIpc) is 3.53. The summed E-state index contributed by atoms with van der Waals surface area (Å²) in [5.41, 5.74) is 0.892. The molecular weight excluding hydrogens is 384 g/mol. The number of nitrogens with zero attached hydrogens (tertiary/aromatic N) is 1. The van der Waals surface area contributed by atoms with Crippen molar-refractivity contribution in [1.82, 2.24) is 4.90 Å². The van der Waals surface area contributed by atoms with Gasteiger partial charge < -0.3 is 10.1 Å². The van der Waals surface area contributed by atoms with E-state index in [0.717, 1.165) is 17.7 Å². The topological polar surface area (TPSA) is 92.8 Å². The normalized spacial score (nSPS) is 32.6. The van der Waals surface area contributed by atoms with Crippen LogP contribution in [0, 0.1) is 35.5 Å². The molecule has 2 bridgehead atoms. The minimum Gasteiger partial charge on any atom is -0.462 e. The van der Waals surface area contributed by atoms with Crippen LogP contribution in [0.5, 0.6) is 0 Å². The van der Waals surface area contributed by atoms with Crippen LogP contribution in [0.3, 0.4) is 0 Å². The van der Waals surface area contributed by atoms with Crippen molar-refractivity contribution in [3.63, 3.8) is 0 Å². The van der Waals surface area contributed by atoms with Gasteiger partial charge in [0.1, 0.15) is 6.54 Å². The van der Waals surface area contributed by atoms with Gasteiger partial charge in [-0.1, -0.05) is 19.1 Å². The standard InChI is InChI=1S/C23H24N2O5/c1-2-9-30-23(29)12-3-5-13(6-4-12)24-18(26)11-25-21(27)19-14-7-8-15(17-10-16(14)17)20(19)22(25)28/h3-8,14-17,19-20H,2,9-11H2,1H3,(H,24,26)/t14-,15-,16-,17+,19+,20+/m0/s1. The highest BCUT2D eigenvalue weighted by Crippen LogP contribution is 2.65. The Labute approximate surface area is 174 Å². The fourth-order valence-electron chi connectivity index (χ4n) is 5.49. The molecule has 1 saturated heterocycles. The lowest BCUT2D eigenvalue weighted by Gasteiger charge is -2.37. The van der Waals surface area contributed by atoms with Crippen LogP contribution >= 0.6 is 0 Å². The van der Waals surface area contributed by atoms with Crippen LogP contribution in [0.15, 0.2) is 36.4 Å². The Morgan fingerprint density at radius 2 is 1.63 bits per heavy atom. The number of ether oxygens (including phenoxy) is 1. The van der Waals surface area contributed by atoms with Crippen molar-refractivity contribution in [2.75, 3.05) is 18.5 Å². The summed E-state index contributed by atoms with van der Waals surface area (Å²) in [6.07, 6.45) is 6.08. The molecule has 7 heteroatoms. The highest BCUT2D eigenvalue weighted by Gasteiger charge is 2.67. The second-order valence-electron chi connectivity index (χ2n) is 8.68. The molecule has 2 saturated carbocycles. The van der Waals surface area contributed by atoms with Gasteiger partial charge in [0.15, 0.2) is 0 Å². The molecule has 1 aromatic rings. The van der Waals surface area contributed by atoms with Crippen LogP contribution in [0.2, 0.25) is 0 Å². The van der Waals surface area contributed by atoms with Crippen LogP contribution in [0.4, 0.5) is 5.69 Å². The third kappa shape index (κ3) is 2.95. The number of carbonyl (C=O) groups is 4. The second kappa shape index (κ2) is 7.07. The molecule has 0 spiro atoms. The zero-order valence-corrected chi connectivity index (χ0v) is 16.7. The van der Waals surface area contributed by atoms with Gasteiger partial charge in [0.2, 0.25) is 17.7 Å². The van der Waals surface area contributed by atoms with Crippen molar-refractivity contribution in [3.8, 4) is 0 Å². The quantitative estimate of drug-likeness (QED) is 0.443. The molecule has 1 heterocycles. The molecule has 1 aromatic carbocycles. The molecule has 1 aliphatic heterocycles. The molecule has 3 fully saturated rings. The summed E-state index contributed by atoms with van der Waals surface area (Å²) in [7, 11) is 0. The maximum Gasteiger partial charge on any atom is 0.338 e. The molecule has 6 rings (SSSR count). The zero-order chi connectivity index (χ0) is 21.0. The van der Waals surface area contributed by atoms with Crippen molar-refractivity contribution >= 4 is 29.4 Å². The predicted octanol–water partition coefficient (Wildman–Crippen LogP) is 2.25. The maximum absolute atomic E-state index is 12.9. The molecule has 0 aromatic heterocycles. The van der Waals surface area contributed by atoms with Crippen molar-refractivity contribution in [3.05, 3.63) is 42.0 Å². The fourth-order valence-corrected chi connectivity index (χ4v) is 5.49. The summed E-state index contributed by atoms with van der Waals surface area (Å²) in [4.78, 5) is 51.4. The van der Waals surface area contributed by atoms with E-state index in [1.165, 1.54) is 0 Å². The van der Waals surface area contributed by atoms with Crippen LogP contribution < -0.4 is 5.32 Å². The number of carbonyl (C=O) groups excluding carboxylic acids is 4. The number of hydrogen-bond donors (Lipinski definition) is 1. The summed E-state index contributed by atoms with van der Waals surface area (Å²) in [5, 5.41) is 2.70. The Balaban J connectivity index is 1.22. The Bertz CT molecular complexity index is 917. The fraction of sp³-hybridized carbons (Fsp3) is 0.478. The number of allylic oxidation sites excluding steroid dienone is 2.